The second-order valence-electron chi connectivity index (χ2n) is 6.66. The third kappa shape index (κ3) is 5.18. The van der Waals surface area contributed by atoms with Gasteiger partial charge in [0.25, 0.3) is 0 Å². The lowest BCUT2D eigenvalue weighted by Crippen LogP contribution is -2.59. The van der Waals surface area contributed by atoms with Gasteiger partial charge in [-0.05, 0) is 32.2 Å². The molecule has 0 aliphatic carbocycles. The first-order valence-corrected chi connectivity index (χ1v) is 10.8. The first kappa shape index (κ1) is 20.7. The molecule has 2 rings (SSSR count). The highest BCUT2D eigenvalue weighted by Gasteiger charge is 2.44. The van der Waals surface area contributed by atoms with Gasteiger partial charge in [0.05, 0.1) is 0 Å². The molecule has 0 aromatic heterocycles. The van der Waals surface area contributed by atoms with Crippen molar-refractivity contribution in [3.05, 3.63) is 0 Å². The van der Waals surface area contributed by atoms with Gasteiger partial charge in [0, 0.05) is 37.6 Å². The molecule has 2 saturated heterocycles. The van der Waals surface area contributed by atoms with Crippen LogP contribution < -0.4 is 5.73 Å². The van der Waals surface area contributed by atoms with Gasteiger partial charge in [-0.25, -0.2) is 14.8 Å². The molecule has 2 aliphatic rings. The minimum absolute atomic E-state index is 0.0650. The number of carbonyl (C=O) groups excluding carboxylic acids is 2. The van der Waals surface area contributed by atoms with Crippen molar-refractivity contribution in [1.82, 2.24) is 10.0 Å². The Labute approximate surface area is 151 Å². The predicted octanol–water partition coefficient (Wildman–Crippen LogP) is 0.792. The number of rotatable bonds is 7. The highest BCUT2D eigenvalue weighted by molar-refractivity contribution is 7.58. The second-order valence-corrected chi connectivity index (χ2v) is 9.17. The molecule has 2 fully saturated rings. The number of ether oxygens (including phenoxy) is 1. The summed E-state index contributed by atoms with van der Waals surface area (Å²) >= 11 is 0. The largest absolute Gasteiger partial charge is 0.507 e. The zero-order valence-corrected chi connectivity index (χ0v) is 15.5. The van der Waals surface area contributed by atoms with Gasteiger partial charge in [0.2, 0.25) is 19.2 Å². The van der Waals surface area contributed by atoms with Gasteiger partial charge in [-0.3, -0.25) is 14.2 Å². The van der Waals surface area contributed by atoms with Crippen LogP contribution in [0.2, 0.25) is 0 Å². The number of nitrogens with zero attached hydrogens (tertiary/aromatic N) is 2. The van der Waals surface area contributed by atoms with E-state index in [1.54, 1.807) is 0 Å². The molecule has 0 spiro atoms. The molecule has 0 aromatic rings. The average Bonchev–Trinajstić information content (AvgIpc) is 2.67. The highest BCUT2D eigenvalue weighted by Crippen LogP contribution is 2.45. The number of fused-ring (bicyclic) bond motifs is 1. The summed E-state index contributed by atoms with van der Waals surface area (Å²) in [7, 11) is -3.55. The van der Waals surface area contributed by atoms with Gasteiger partial charge >= 0.3 is 6.16 Å². The van der Waals surface area contributed by atoms with Crippen molar-refractivity contribution < 1.29 is 33.7 Å². The Bertz CT molecular complexity index is 600. The fraction of sp³-hybridized carbons (Fsp3) is 0.800. The summed E-state index contributed by atoms with van der Waals surface area (Å²) in [5.41, 5.74) is 5.39. The monoisotopic (exact) mass is 391 g/mol. The molecule has 0 aromatic carbocycles. The third-order valence-corrected chi connectivity index (χ3v) is 6.65. The number of amides is 2. The summed E-state index contributed by atoms with van der Waals surface area (Å²) in [5.74, 6) is -1.67. The van der Waals surface area contributed by atoms with Crippen molar-refractivity contribution in [2.45, 2.75) is 44.8 Å². The number of carbonyl (C=O) groups is 3. The van der Waals surface area contributed by atoms with E-state index < -0.39 is 31.6 Å². The van der Waals surface area contributed by atoms with E-state index in [0.717, 1.165) is 5.01 Å². The predicted molar refractivity (Wildman–Crippen MR) is 91.3 cm³/mol. The Kier molecular flexibility index (Phi) is 7.02. The van der Waals surface area contributed by atoms with Crippen LogP contribution >= 0.6 is 7.37 Å². The number of hydrogen-bond acceptors (Lipinski definition) is 6. The average molecular weight is 391 g/mol. The van der Waals surface area contributed by atoms with Gasteiger partial charge in [-0.1, -0.05) is 0 Å². The third-order valence-electron chi connectivity index (χ3n) is 4.63. The van der Waals surface area contributed by atoms with Crippen LogP contribution in [-0.4, -0.2) is 69.6 Å². The van der Waals surface area contributed by atoms with Crippen LogP contribution in [0.4, 0.5) is 4.79 Å². The van der Waals surface area contributed by atoms with Crippen molar-refractivity contribution in [3.63, 3.8) is 0 Å². The summed E-state index contributed by atoms with van der Waals surface area (Å²) in [6, 6.07) is 0. The molecule has 2 aliphatic heterocycles. The fourth-order valence-corrected chi connectivity index (χ4v) is 5.31. The minimum atomic E-state index is -3.55. The molecule has 4 N–H and O–H groups in total. The molecular weight excluding hydrogens is 365 g/mol. The Morgan fingerprint density at radius 3 is 2.69 bits per heavy atom. The lowest BCUT2D eigenvalue weighted by atomic mass is 10.0. The van der Waals surface area contributed by atoms with Crippen LogP contribution in [-0.2, 0) is 18.9 Å². The van der Waals surface area contributed by atoms with Gasteiger partial charge in [-0.2, -0.15) is 0 Å². The smallest absolute Gasteiger partial charge is 0.450 e. The molecule has 0 bridgehead atoms. The first-order valence-electron chi connectivity index (χ1n) is 8.79. The number of unbranched alkanes of at least 4 members (excludes halogenated alkanes) is 1. The number of carboxylic acid groups (broad SMARTS) is 1. The van der Waals surface area contributed by atoms with Crippen molar-refractivity contribution in [2.24, 2.45) is 11.7 Å². The Balaban J connectivity index is 2.16. The molecule has 0 radical (unpaired) electrons. The van der Waals surface area contributed by atoms with Gasteiger partial charge < -0.3 is 20.5 Å². The molecule has 148 valence electrons. The van der Waals surface area contributed by atoms with Crippen LogP contribution in [0.15, 0.2) is 0 Å². The SMILES string of the molecule is NCCCCP(=O)(O)C[C@H]1CCC(=O)N2CCC[C@H](OC(=O)O)N2C1=O. The number of hydrogen-bond donors (Lipinski definition) is 3. The molecule has 0 saturated carbocycles. The van der Waals surface area contributed by atoms with Crippen molar-refractivity contribution >= 4 is 25.3 Å². The Hall–Kier alpha value is -1.64. The first-order chi connectivity index (χ1) is 12.2. The molecule has 26 heavy (non-hydrogen) atoms. The van der Waals surface area contributed by atoms with E-state index in [-0.39, 0.29) is 37.5 Å². The van der Waals surface area contributed by atoms with Crippen LogP contribution in [0.5, 0.6) is 0 Å². The standard InChI is InChI=1S/C15H26N3O7P/c16-7-1-2-9-26(23,24)10-11-5-6-12(19)17-8-3-4-13(25-15(21)22)18(17)14(11)20/h11,13H,1-10,16H2,(H,21,22)(H,23,24)/t11-,13+/m1/s1. The van der Waals surface area contributed by atoms with Gasteiger partial charge in [0.1, 0.15) is 0 Å². The normalized spacial score (nSPS) is 26.1. The van der Waals surface area contributed by atoms with E-state index >= 15 is 0 Å². The zero-order chi connectivity index (χ0) is 19.3. The summed E-state index contributed by atoms with van der Waals surface area (Å²) < 4.78 is 17.2. The van der Waals surface area contributed by atoms with Crippen molar-refractivity contribution in [3.8, 4) is 0 Å². The molecular formula is C15H26N3O7P. The fourth-order valence-electron chi connectivity index (χ4n) is 3.38. The number of nitrogens with two attached hydrogens (primary N) is 1. The Morgan fingerprint density at radius 2 is 2.04 bits per heavy atom. The van der Waals surface area contributed by atoms with Gasteiger partial charge in [-0.15, -0.1) is 0 Å². The Morgan fingerprint density at radius 1 is 1.31 bits per heavy atom. The minimum Gasteiger partial charge on any atom is -0.450 e. The van der Waals surface area contributed by atoms with E-state index in [0.29, 0.717) is 32.4 Å². The van der Waals surface area contributed by atoms with E-state index in [1.807, 2.05) is 0 Å². The quantitative estimate of drug-likeness (QED) is 0.327. The van der Waals surface area contributed by atoms with Crippen molar-refractivity contribution in [2.75, 3.05) is 25.4 Å². The van der Waals surface area contributed by atoms with E-state index in [1.165, 1.54) is 5.01 Å². The topological polar surface area (TPSA) is 150 Å². The maximum absolute atomic E-state index is 12.9. The molecule has 1 unspecified atom stereocenters. The lowest BCUT2D eigenvalue weighted by molar-refractivity contribution is -0.196. The summed E-state index contributed by atoms with van der Waals surface area (Å²) in [6.45, 7) is 0.720. The van der Waals surface area contributed by atoms with Crippen LogP contribution in [0.3, 0.4) is 0 Å². The lowest BCUT2D eigenvalue weighted by Gasteiger charge is -2.42. The van der Waals surface area contributed by atoms with E-state index in [9.17, 15) is 23.8 Å². The molecule has 2 amide bonds. The van der Waals surface area contributed by atoms with Crippen LogP contribution in [0.1, 0.15) is 38.5 Å². The van der Waals surface area contributed by atoms with Gasteiger partial charge in [0.15, 0.2) is 6.23 Å². The molecule has 2 heterocycles. The zero-order valence-electron chi connectivity index (χ0n) is 14.6. The van der Waals surface area contributed by atoms with Crippen molar-refractivity contribution in [1.29, 1.82) is 0 Å². The summed E-state index contributed by atoms with van der Waals surface area (Å²) in [6.07, 6.45) is -0.657. The highest BCUT2D eigenvalue weighted by atomic mass is 31.2. The van der Waals surface area contributed by atoms with E-state index in [2.05, 4.69) is 0 Å². The summed E-state index contributed by atoms with van der Waals surface area (Å²) in [4.78, 5) is 46.4. The van der Waals surface area contributed by atoms with E-state index in [4.69, 9.17) is 15.6 Å². The summed E-state index contributed by atoms with van der Waals surface area (Å²) in [5, 5.41) is 11.2. The molecule has 10 nitrogen and oxygen atoms in total. The van der Waals surface area contributed by atoms with Crippen LogP contribution in [0.25, 0.3) is 0 Å². The molecule has 11 heteroatoms. The maximum Gasteiger partial charge on any atom is 0.507 e. The van der Waals surface area contributed by atoms with Crippen LogP contribution in [0, 0.1) is 5.92 Å². The maximum atomic E-state index is 12.9. The number of hydrazine groups is 1. The second kappa shape index (κ2) is 8.83. The molecule has 3 atom stereocenters.